The molecule has 0 aliphatic carbocycles. The molecule has 170 valence electrons. The highest BCUT2D eigenvalue weighted by Crippen LogP contribution is 2.38. The second-order valence-electron chi connectivity index (χ2n) is 7.11. The summed E-state index contributed by atoms with van der Waals surface area (Å²) in [6, 6.07) is 11.6. The first-order valence-corrected chi connectivity index (χ1v) is 10.0. The first-order valence-electron chi connectivity index (χ1n) is 10.0. The summed E-state index contributed by atoms with van der Waals surface area (Å²) in [7, 11) is 6.32. The molecule has 2 aromatic rings. The third-order valence-electron chi connectivity index (χ3n) is 5.45. The molecule has 7 nitrogen and oxygen atoms in total. The molecule has 1 aliphatic heterocycles. The molecule has 1 aliphatic rings. The molecule has 2 aromatic carbocycles. The molecule has 0 N–H and O–H groups in total. The van der Waals surface area contributed by atoms with Crippen molar-refractivity contribution in [1.82, 2.24) is 4.90 Å². The smallest absolute Gasteiger partial charge is 0.203 e. The SMILES string of the molecule is Br.COc1ccc(N2CCN(CCC(=O)c3cc(OC)c(OC)c(OC)c3)CC2)cc1. The normalized spacial score (nSPS) is 13.9. The third-order valence-corrected chi connectivity index (χ3v) is 5.45. The molecule has 1 fully saturated rings. The maximum absolute atomic E-state index is 12.8. The van der Waals surface area contributed by atoms with Crippen molar-refractivity contribution in [2.75, 3.05) is 66.1 Å². The number of hydrogen-bond donors (Lipinski definition) is 0. The van der Waals surface area contributed by atoms with Crippen LogP contribution in [0.15, 0.2) is 36.4 Å². The number of hydrogen-bond acceptors (Lipinski definition) is 7. The average Bonchev–Trinajstić information content (AvgIpc) is 2.81. The molecular weight excluding hydrogens is 464 g/mol. The summed E-state index contributed by atoms with van der Waals surface area (Å²) in [5.74, 6) is 2.40. The van der Waals surface area contributed by atoms with Crippen LogP contribution in [-0.2, 0) is 0 Å². The fourth-order valence-corrected chi connectivity index (χ4v) is 3.67. The molecule has 8 heteroatoms. The van der Waals surface area contributed by atoms with Crippen molar-refractivity contribution in [1.29, 1.82) is 0 Å². The number of benzene rings is 2. The minimum absolute atomic E-state index is 0. The van der Waals surface area contributed by atoms with Gasteiger partial charge in [0.2, 0.25) is 5.75 Å². The summed E-state index contributed by atoms with van der Waals surface area (Å²) in [6.45, 7) is 4.45. The lowest BCUT2D eigenvalue weighted by Gasteiger charge is -2.36. The molecule has 0 aromatic heterocycles. The van der Waals surface area contributed by atoms with E-state index in [0.717, 1.165) is 38.5 Å². The van der Waals surface area contributed by atoms with Crippen molar-refractivity contribution in [2.24, 2.45) is 0 Å². The lowest BCUT2D eigenvalue weighted by molar-refractivity contribution is 0.0961. The average molecular weight is 495 g/mol. The van der Waals surface area contributed by atoms with Crippen LogP contribution in [0.1, 0.15) is 16.8 Å². The van der Waals surface area contributed by atoms with Gasteiger partial charge in [0.15, 0.2) is 17.3 Å². The number of ether oxygens (including phenoxy) is 4. The van der Waals surface area contributed by atoms with E-state index in [9.17, 15) is 4.79 Å². The number of nitrogens with zero attached hydrogens (tertiary/aromatic N) is 2. The summed E-state index contributed by atoms with van der Waals surface area (Å²) in [4.78, 5) is 17.5. The van der Waals surface area contributed by atoms with Crippen molar-refractivity contribution in [3.63, 3.8) is 0 Å². The molecule has 0 bridgehead atoms. The highest BCUT2D eigenvalue weighted by atomic mass is 79.9. The Bertz CT molecular complexity index is 827. The van der Waals surface area contributed by atoms with Gasteiger partial charge < -0.3 is 23.8 Å². The van der Waals surface area contributed by atoms with E-state index in [2.05, 4.69) is 21.9 Å². The lowest BCUT2D eigenvalue weighted by atomic mass is 10.1. The summed E-state index contributed by atoms with van der Waals surface area (Å²) >= 11 is 0. The fraction of sp³-hybridized carbons (Fsp3) is 0.435. The zero-order valence-corrected chi connectivity index (χ0v) is 20.3. The van der Waals surface area contributed by atoms with Crippen LogP contribution in [0.4, 0.5) is 5.69 Å². The van der Waals surface area contributed by atoms with E-state index < -0.39 is 0 Å². The zero-order chi connectivity index (χ0) is 21.5. The number of Topliss-reactive ketones (excluding diaryl/α,β-unsaturated/α-hetero) is 1. The predicted molar refractivity (Wildman–Crippen MR) is 127 cm³/mol. The van der Waals surface area contributed by atoms with E-state index in [1.165, 1.54) is 5.69 Å². The summed E-state index contributed by atoms with van der Waals surface area (Å²) in [5.41, 5.74) is 1.77. The molecule has 0 atom stereocenters. The molecule has 1 saturated heterocycles. The van der Waals surface area contributed by atoms with Gasteiger partial charge in [-0.1, -0.05) is 0 Å². The highest BCUT2D eigenvalue weighted by molar-refractivity contribution is 8.93. The quantitative estimate of drug-likeness (QED) is 0.492. The number of anilines is 1. The Kier molecular flexibility index (Phi) is 9.45. The molecule has 0 saturated carbocycles. The van der Waals surface area contributed by atoms with Gasteiger partial charge in [0, 0.05) is 50.4 Å². The molecule has 0 radical (unpaired) electrons. The van der Waals surface area contributed by atoms with Gasteiger partial charge >= 0.3 is 0 Å². The topological polar surface area (TPSA) is 60.5 Å². The number of halogens is 1. The van der Waals surface area contributed by atoms with Gasteiger partial charge in [-0.3, -0.25) is 9.69 Å². The van der Waals surface area contributed by atoms with Crippen molar-refractivity contribution < 1.29 is 23.7 Å². The molecule has 1 heterocycles. The number of carbonyl (C=O) groups is 1. The van der Waals surface area contributed by atoms with Crippen molar-refractivity contribution in [2.45, 2.75) is 6.42 Å². The van der Waals surface area contributed by atoms with Gasteiger partial charge in [0.25, 0.3) is 0 Å². The number of rotatable bonds is 9. The third kappa shape index (κ3) is 6.04. The van der Waals surface area contributed by atoms with Gasteiger partial charge in [-0.25, -0.2) is 0 Å². The second-order valence-corrected chi connectivity index (χ2v) is 7.11. The number of ketones is 1. The van der Waals surface area contributed by atoms with Crippen LogP contribution in [0.5, 0.6) is 23.0 Å². The molecule has 3 rings (SSSR count). The summed E-state index contributed by atoms with van der Waals surface area (Å²) in [6.07, 6.45) is 0.446. The first-order chi connectivity index (χ1) is 14.6. The predicted octanol–water partition coefficient (Wildman–Crippen LogP) is 3.69. The summed E-state index contributed by atoms with van der Waals surface area (Å²) in [5, 5.41) is 0. The molecule has 0 spiro atoms. The van der Waals surface area contributed by atoms with E-state index in [1.807, 2.05) is 12.1 Å². The van der Waals surface area contributed by atoms with Gasteiger partial charge in [-0.2, -0.15) is 0 Å². The van der Waals surface area contributed by atoms with Crippen LogP contribution in [0, 0.1) is 0 Å². The van der Waals surface area contributed by atoms with E-state index in [1.54, 1.807) is 40.6 Å². The van der Waals surface area contributed by atoms with E-state index >= 15 is 0 Å². The van der Waals surface area contributed by atoms with Crippen LogP contribution in [0.25, 0.3) is 0 Å². The van der Waals surface area contributed by atoms with Crippen LogP contribution in [-0.4, -0.2) is 71.8 Å². The number of carbonyl (C=O) groups excluding carboxylic acids is 1. The maximum Gasteiger partial charge on any atom is 0.203 e. The largest absolute Gasteiger partial charge is 0.497 e. The first kappa shape index (κ1) is 24.8. The van der Waals surface area contributed by atoms with E-state index in [0.29, 0.717) is 29.2 Å². The van der Waals surface area contributed by atoms with Crippen LogP contribution in [0.3, 0.4) is 0 Å². The Hall–Kier alpha value is -2.45. The standard InChI is InChI=1S/C23H30N2O5.BrH/c1-27-19-7-5-18(6-8-19)25-13-11-24(12-14-25)10-9-20(26)17-15-21(28-2)23(30-4)22(16-17)29-3;/h5-8,15-16H,9-14H2,1-4H3;1H. The lowest BCUT2D eigenvalue weighted by Crippen LogP contribution is -2.46. The van der Waals surface area contributed by atoms with Gasteiger partial charge in [0.1, 0.15) is 5.75 Å². The highest BCUT2D eigenvalue weighted by Gasteiger charge is 2.20. The summed E-state index contributed by atoms with van der Waals surface area (Å²) < 4.78 is 21.3. The van der Waals surface area contributed by atoms with Crippen LogP contribution < -0.4 is 23.8 Å². The minimum atomic E-state index is 0. The van der Waals surface area contributed by atoms with Gasteiger partial charge in [-0.05, 0) is 36.4 Å². The maximum atomic E-state index is 12.8. The second kappa shape index (κ2) is 11.8. The Morgan fingerprint density at radius 3 is 1.90 bits per heavy atom. The van der Waals surface area contributed by atoms with Crippen LogP contribution >= 0.6 is 17.0 Å². The number of methoxy groups -OCH3 is 4. The fourth-order valence-electron chi connectivity index (χ4n) is 3.67. The zero-order valence-electron chi connectivity index (χ0n) is 18.6. The van der Waals surface area contributed by atoms with Crippen LogP contribution in [0.2, 0.25) is 0 Å². The Morgan fingerprint density at radius 1 is 0.839 bits per heavy atom. The van der Waals surface area contributed by atoms with Crippen molar-refractivity contribution >= 4 is 28.5 Å². The molecule has 31 heavy (non-hydrogen) atoms. The van der Waals surface area contributed by atoms with Gasteiger partial charge in [0.05, 0.1) is 28.4 Å². The monoisotopic (exact) mass is 494 g/mol. The van der Waals surface area contributed by atoms with Crippen molar-refractivity contribution in [3.8, 4) is 23.0 Å². The number of piperazine rings is 1. The molecule has 0 amide bonds. The Labute approximate surface area is 194 Å². The Balaban J connectivity index is 0.00000341. The Morgan fingerprint density at radius 2 is 1.42 bits per heavy atom. The molecule has 0 unspecified atom stereocenters. The van der Waals surface area contributed by atoms with Crippen molar-refractivity contribution in [3.05, 3.63) is 42.0 Å². The van der Waals surface area contributed by atoms with Gasteiger partial charge in [-0.15, -0.1) is 17.0 Å². The van der Waals surface area contributed by atoms with E-state index in [4.69, 9.17) is 18.9 Å². The molecular formula is C23H31BrN2O5. The van der Waals surface area contributed by atoms with E-state index in [-0.39, 0.29) is 22.8 Å². The minimum Gasteiger partial charge on any atom is -0.497 e.